The molecule has 49 heavy (non-hydrogen) atoms. The van der Waals surface area contributed by atoms with Crippen LogP contribution in [0.3, 0.4) is 0 Å². The van der Waals surface area contributed by atoms with Crippen molar-refractivity contribution in [1.82, 2.24) is 14.5 Å². The third kappa shape index (κ3) is 4.20. The van der Waals surface area contributed by atoms with Gasteiger partial charge in [0.2, 0.25) is 0 Å². The van der Waals surface area contributed by atoms with Crippen molar-refractivity contribution < 1.29 is 0 Å². The smallest absolute Gasteiger partial charge is 0.134 e. The molecule has 1 aliphatic rings. The van der Waals surface area contributed by atoms with Gasteiger partial charge in [-0.05, 0) is 63.7 Å². The van der Waals surface area contributed by atoms with Gasteiger partial charge in [0.15, 0.2) is 0 Å². The molecule has 4 heteroatoms. The van der Waals surface area contributed by atoms with Crippen molar-refractivity contribution in [2.45, 2.75) is 6.04 Å². The highest BCUT2D eigenvalue weighted by Gasteiger charge is 2.24. The number of aromatic nitrogens is 2. The predicted molar refractivity (Wildman–Crippen MR) is 206 cm³/mol. The molecule has 3 heterocycles. The van der Waals surface area contributed by atoms with Gasteiger partial charge in [0.1, 0.15) is 5.84 Å². The minimum atomic E-state index is 0.00962. The van der Waals surface area contributed by atoms with Crippen molar-refractivity contribution >= 4 is 65.9 Å². The summed E-state index contributed by atoms with van der Waals surface area (Å²) in [5.41, 5.74) is 10.4. The maximum Gasteiger partial charge on any atom is 0.134 e. The van der Waals surface area contributed by atoms with E-state index in [0.29, 0.717) is 0 Å². The third-order valence-corrected chi connectivity index (χ3v) is 10.1. The summed E-state index contributed by atoms with van der Waals surface area (Å²) in [5.74, 6) is 0.867. The van der Waals surface area contributed by atoms with Gasteiger partial charge in [0.25, 0.3) is 0 Å². The normalized spacial score (nSPS) is 14.8. The molecule has 0 fully saturated rings. The van der Waals surface area contributed by atoms with Gasteiger partial charge >= 0.3 is 0 Å². The molecule has 0 amide bonds. The maximum atomic E-state index is 5.15. The third-order valence-electron chi connectivity index (χ3n) is 10.1. The van der Waals surface area contributed by atoms with Gasteiger partial charge in [-0.25, -0.2) is 4.99 Å². The second kappa shape index (κ2) is 10.8. The van der Waals surface area contributed by atoms with Crippen molar-refractivity contribution in [3.05, 3.63) is 180 Å². The highest BCUT2D eigenvalue weighted by atomic mass is 15.1. The van der Waals surface area contributed by atoms with E-state index < -0.39 is 0 Å². The molecule has 1 unspecified atom stereocenters. The molecule has 7 aromatic carbocycles. The standard InChI is InChI=1S/C45H32N4/c1-48-42-36-21-11-9-19-34(36)33-18-8-10-20-35(33)41(42)44-43(48)37-22-12-13-23-40(37)49(44)32-26-24-31(25-27-32)45-46-38(29-14-4-2-5-15-29)28-39(47-45)30-16-6-3-7-17-30/h2-28,38H,1H3,(H,46,47). The van der Waals surface area contributed by atoms with Gasteiger partial charge in [-0.3, -0.25) is 0 Å². The SMILES string of the molecule is Cn1c2c3ccccc3c3ccccc3c2c2c1c1ccccc1n2-c1ccc(C2=NC(c3ccccc3)=CC(c3ccccc3)N2)cc1. The second-order valence-electron chi connectivity index (χ2n) is 12.9. The van der Waals surface area contributed by atoms with Gasteiger partial charge in [0, 0.05) is 34.5 Å². The first kappa shape index (κ1) is 27.7. The van der Waals surface area contributed by atoms with E-state index in [1.807, 2.05) is 6.07 Å². The number of hydrogen-bond donors (Lipinski definition) is 1. The zero-order chi connectivity index (χ0) is 32.5. The van der Waals surface area contributed by atoms with Crippen LogP contribution in [0.1, 0.15) is 22.7 Å². The number of aliphatic imine (C=N–C) groups is 1. The fourth-order valence-electron chi connectivity index (χ4n) is 7.95. The number of fused-ring (bicyclic) bond motifs is 10. The molecule has 0 bridgehead atoms. The van der Waals surface area contributed by atoms with Crippen molar-refractivity contribution in [1.29, 1.82) is 0 Å². The van der Waals surface area contributed by atoms with E-state index in [2.05, 4.69) is 179 Å². The molecule has 0 saturated heterocycles. The summed E-state index contributed by atoms with van der Waals surface area (Å²) < 4.78 is 4.87. The Morgan fingerprint density at radius 3 is 1.84 bits per heavy atom. The van der Waals surface area contributed by atoms with Crippen LogP contribution in [0.25, 0.3) is 65.8 Å². The quantitative estimate of drug-likeness (QED) is 0.193. The lowest BCUT2D eigenvalue weighted by molar-refractivity contribution is 0.781. The number of hydrogen-bond acceptors (Lipinski definition) is 2. The maximum absolute atomic E-state index is 5.15. The molecular formula is C45H32N4. The molecule has 0 saturated carbocycles. The summed E-state index contributed by atoms with van der Waals surface area (Å²) in [4.78, 5) is 5.15. The van der Waals surface area contributed by atoms with Crippen LogP contribution in [0.15, 0.2) is 169 Å². The van der Waals surface area contributed by atoms with E-state index in [4.69, 9.17) is 4.99 Å². The Hall–Kier alpha value is -6.39. The minimum absolute atomic E-state index is 0.00962. The van der Waals surface area contributed by atoms with Crippen LogP contribution in [-0.2, 0) is 7.05 Å². The Kier molecular flexibility index (Phi) is 6.12. The van der Waals surface area contributed by atoms with Crippen molar-refractivity contribution in [2.24, 2.45) is 12.0 Å². The van der Waals surface area contributed by atoms with Crippen LogP contribution >= 0.6 is 0 Å². The van der Waals surface area contributed by atoms with Crippen LogP contribution in [0.5, 0.6) is 0 Å². The minimum Gasteiger partial charge on any atom is -0.359 e. The summed E-state index contributed by atoms with van der Waals surface area (Å²) >= 11 is 0. The van der Waals surface area contributed by atoms with Gasteiger partial charge in [0.05, 0.1) is 33.8 Å². The molecule has 0 radical (unpaired) electrons. The first-order chi connectivity index (χ1) is 24.2. The Morgan fingerprint density at radius 1 is 0.510 bits per heavy atom. The average Bonchev–Trinajstić information content (AvgIpc) is 3.68. The molecule has 9 aromatic rings. The number of nitrogens with one attached hydrogen (secondary N) is 1. The number of aryl methyl sites for hydroxylation is 1. The number of amidine groups is 1. The molecule has 2 aromatic heterocycles. The molecular weight excluding hydrogens is 597 g/mol. The summed E-state index contributed by atoms with van der Waals surface area (Å²) in [5, 5.41) is 11.4. The highest BCUT2D eigenvalue weighted by Crippen LogP contribution is 2.44. The Morgan fingerprint density at radius 2 is 1.10 bits per heavy atom. The first-order valence-corrected chi connectivity index (χ1v) is 16.8. The summed E-state index contributed by atoms with van der Waals surface area (Å²) in [7, 11) is 2.22. The zero-order valence-electron chi connectivity index (χ0n) is 27.0. The van der Waals surface area contributed by atoms with E-state index in [9.17, 15) is 0 Å². The molecule has 0 spiro atoms. The fraction of sp³-hybridized carbons (Fsp3) is 0.0444. The Labute approximate surface area is 283 Å². The van der Waals surface area contributed by atoms with Gasteiger partial charge < -0.3 is 14.5 Å². The number of benzene rings is 7. The number of rotatable bonds is 4. The second-order valence-corrected chi connectivity index (χ2v) is 12.9. The highest BCUT2D eigenvalue weighted by molar-refractivity contribution is 6.34. The largest absolute Gasteiger partial charge is 0.359 e. The molecule has 10 rings (SSSR count). The van der Waals surface area contributed by atoms with Crippen molar-refractivity contribution in [3.8, 4) is 5.69 Å². The van der Waals surface area contributed by atoms with E-state index >= 15 is 0 Å². The Bertz CT molecular complexity index is 2780. The van der Waals surface area contributed by atoms with E-state index in [1.165, 1.54) is 59.9 Å². The van der Waals surface area contributed by atoms with Gasteiger partial charge in [-0.2, -0.15) is 0 Å². The van der Waals surface area contributed by atoms with Crippen LogP contribution in [0, 0.1) is 0 Å². The molecule has 1 N–H and O–H groups in total. The lowest BCUT2D eigenvalue weighted by atomic mass is 9.98. The van der Waals surface area contributed by atoms with E-state index in [1.54, 1.807) is 0 Å². The van der Waals surface area contributed by atoms with Gasteiger partial charge in [-0.15, -0.1) is 0 Å². The molecule has 0 aliphatic carbocycles. The molecule has 1 aliphatic heterocycles. The van der Waals surface area contributed by atoms with Crippen LogP contribution in [0.4, 0.5) is 0 Å². The van der Waals surface area contributed by atoms with Crippen LogP contribution < -0.4 is 5.32 Å². The molecule has 4 nitrogen and oxygen atoms in total. The summed E-state index contributed by atoms with van der Waals surface area (Å²) in [6.07, 6.45) is 2.22. The van der Waals surface area contributed by atoms with Crippen LogP contribution in [-0.4, -0.2) is 15.0 Å². The first-order valence-electron chi connectivity index (χ1n) is 16.8. The summed E-state index contributed by atoms with van der Waals surface area (Å²) in [6, 6.07) is 56.4. The van der Waals surface area contributed by atoms with Crippen LogP contribution in [0.2, 0.25) is 0 Å². The van der Waals surface area contributed by atoms with Crippen molar-refractivity contribution in [2.75, 3.05) is 0 Å². The Balaban J connectivity index is 1.18. The number of para-hydroxylation sites is 1. The number of nitrogens with zero attached hydrogens (tertiary/aromatic N) is 3. The van der Waals surface area contributed by atoms with E-state index in [-0.39, 0.29) is 6.04 Å². The molecule has 1 atom stereocenters. The monoisotopic (exact) mass is 628 g/mol. The lowest BCUT2D eigenvalue weighted by Gasteiger charge is -2.24. The zero-order valence-corrected chi connectivity index (χ0v) is 27.0. The topological polar surface area (TPSA) is 34.2 Å². The predicted octanol–water partition coefficient (Wildman–Crippen LogP) is 10.7. The average molecular weight is 629 g/mol. The summed E-state index contributed by atoms with van der Waals surface area (Å²) in [6.45, 7) is 0. The molecule has 232 valence electrons. The lowest BCUT2D eigenvalue weighted by Crippen LogP contribution is -2.31. The van der Waals surface area contributed by atoms with Crippen molar-refractivity contribution in [3.63, 3.8) is 0 Å². The van der Waals surface area contributed by atoms with Gasteiger partial charge in [-0.1, -0.05) is 127 Å². The van der Waals surface area contributed by atoms with E-state index in [0.717, 1.165) is 28.3 Å². The fourth-order valence-corrected chi connectivity index (χ4v) is 7.95.